The fraction of sp³-hybridized carbons (Fsp3) is 0.250. The number of hydrogen-bond donors (Lipinski definition) is 1. The van der Waals surface area contributed by atoms with Gasteiger partial charge in [-0.05, 0) is 28.1 Å². The molecule has 0 radical (unpaired) electrons. The molecule has 0 amide bonds. The zero-order valence-corrected chi connectivity index (χ0v) is 10.9. The first kappa shape index (κ1) is 12.6. The van der Waals surface area contributed by atoms with Crippen molar-refractivity contribution in [2.75, 3.05) is 7.11 Å². The molecule has 0 fully saturated rings. The molecule has 1 N–H and O–H groups in total. The Morgan fingerprint density at radius 1 is 1.53 bits per heavy atom. The van der Waals surface area contributed by atoms with Gasteiger partial charge in [0.15, 0.2) is 0 Å². The second-order valence-corrected chi connectivity index (χ2v) is 6.43. The first-order chi connectivity index (χ1) is 6.83. The maximum absolute atomic E-state index is 10.9. The van der Waals surface area contributed by atoms with Crippen molar-refractivity contribution in [2.45, 2.75) is 5.75 Å². The summed E-state index contributed by atoms with van der Waals surface area (Å²) < 4.78 is 27.0. The SMILES string of the molecule is COc1cc(Br)c(O)c(CS(=O)(=O)Cl)c1. The molecule has 1 aromatic carbocycles. The Balaban J connectivity index is 3.22. The molecule has 84 valence electrons. The third-order valence-corrected chi connectivity index (χ3v) is 3.27. The number of phenols is 1. The Kier molecular flexibility index (Phi) is 3.86. The van der Waals surface area contributed by atoms with Gasteiger partial charge in [-0.3, -0.25) is 0 Å². The topological polar surface area (TPSA) is 63.6 Å². The molecule has 0 bridgehead atoms. The quantitative estimate of drug-likeness (QED) is 0.869. The van der Waals surface area contributed by atoms with Gasteiger partial charge in [-0.25, -0.2) is 8.42 Å². The number of methoxy groups -OCH3 is 1. The van der Waals surface area contributed by atoms with Crippen LogP contribution in [0.5, 0.6) is 11.5 Å². The van der Waals surface area contributed by atoms with Crippen molar-refractivity contribution in [3.63, 3.8) is 0 Å². The van der Waals surface area contributed by atoms with Crippen molar-refractivity contribution in [3.8, 4) is 11.5 Å². The summed E-state index contributed by atoms with van der Waals surface area (Å²) in [6.07, 6.45) is 0. The summed E-state index contributed by atoms with van der Waals surface area (Å²) >= 11 is 3.08. The second kappa shape index (κ2) is 4.59. The number of ether oxygens (including phenoxy) is 1. The predicted octanol–water partition coefficient (Wildman–Crippen LogP) is 2.23. The van der Waals surface area contributed by atoms with Crippen LogP contribution >= 0.6 is 26.6 Å². The van der Waals surface area contributed by atoms with Crippen molar-refractivity contribution in [2.24, 2.45) is 0 Å². The third kappa shape index (κ3) is 3.55. The molecule has 0 unspecified atom stereocenters. The number of rotatable bonds is 3. The van der Waals surface area contributed by atoms with Crippen molar-refractivity contribution >= 4 is 35.7 Å². The first-order valence-corrected chi connectivity index (χ1v) is 7.08. The van der Waals surface area contributed by atoms with Gasteiger partial charge in [0.2, 0.25) is 9.05 Å². The van der Waals surface area contributed by atoms with Crippen LogP contribution in [0.4, 0.5) is 0 Å². The Bertz CT molecular complexity index is 472. The first-order valence-electron chi connectivity index (χ1n) is 3.81. The molecule has 7 heteroatoms. The molecular formula is C8H8BrClO4S. The Morgan fingerprint density at radius 2 is 2.13 bits per heavy atom. The second-order valence-electron chi connectivity index (χ2n) is 2.80. The van der Waals surface area contributed by atoms with Gasteiger partial charge in [0.1, 0.15) is 11.5 Å². The maximum atomic E-state index is 10.9. The monoisotopic (exact) mass is 314 g/mol. The molecule has 1 aromatic rings. The number of benzene rings is 1. The molecule has 15 heavy (non-hydrogen) atoms. The largest absolute Gasteiger partial charge is 0.506 e. The smallest absolute Gasteiger partial charge is 0.236 e. The van der Waals surface area contributed by atoms with Gasteiger partial charge in [0, 0.05) is 16.2 Å². The highest BCUT2D eigenvalue weighted by Crippen LogP contribution is 2.33. The molecule has 1 rings (SSSR count). The van der Waals surface area contributed by atoms with Gasteiger partial charge in [-0.1, -0.05) is 0 Å². The van der Waals surface area contributed by atoms with Crippen LogP contribution in [0.2, 0.25) is 0 Å². The molecule has 0 spiro atoms. The van der Waals surface area contributed by atoms with Crippen molar-refractivity contribution < 1.29 is 18.3 Å². The van der Waals surface area contributed by atoms with Gasteiger partial charge in [0.25, 0.3) is 0 Å². The molecule has 0 aliphatic heterocycles. The van der Waals surface area contributed by atoms with Crippen molar-refractivity contribution in [3.05, 3.63) is 22.2 Å². The molecule has 0 saturated heterocycles. The average molecular weight is 316 g/mol. The highest BCUT2D eigenvalue weighted by atomic mass is 79.9. The standard InChI is InChI=1S/C8H8BrClO4S/c1-14-6-2-5(4-15(10,12)13)8(11)7(9)3-6/h2-3,11H,4H2,1H3. The van der Waals surface area contributed by atoms with Crippen LogP contribution < -0.4 is 4.74 Å². The van der Waals surface area contributed by atoms with E-state index in [4.69, 9.17) is 15.4 Å². The van der Waals surface area contributed by atoms with E-state index in [0.29, 0.717) is 10.2 Å². The number of hydrogen-bond acceptors (Lipinski definition) is 4. The summed E-state index contributed by atoms with van der Waals surface area (Å²) in [5.74, 6) is -0.161. The summed E-state index contributed by atoms with van der Waals surface area (Å²) in [6, 6.07) is 2.94. The molecule has 0 heterocycles. The molecular weight excluding hydrogens is 308 g/mol. The summed E-state index contributed by atoms with van der Waals surface area (Å²) in [7, 11) is 2.83. The van der Waals surface area contributed by atoms with E-state index in [1.54, 1.807) is 0 Å². The van der Waals surface area contributed by atoms with E-state index in [1.807, 2.05) is 0 Å². The number of aromatic hydroxyl groups is 1. The van der Waals surface area contributed by atoms with Crippen molar-refractivity contribution in [1.82, 2.24) is 0 Å². The van der Waals surface area contributed by atoms with E-state index >= 15 is 0 Å². The van der Waals surface area contributed by atoms with Gasteiger partial charge in [-0.2, -0.15) is 0 Å². The zero-order chi connectivity index (χ0) is 11.6. The molecule has 0 saturated carbocycles. The van der Waals surface area contributed by atoms with Gasteiger partial charge < -0.3 is 9.84 Å². The highest BCUT2D eigenvalue weighted by Gasteiger charge is 2.14. The van der Waals surface area contributed by atoms with E-state index in [1.165, 1.54) is 19.2 Å². The number of phenolic OH excluding ortho intramolecular Hbond substituents is 1. The van der Waals surface area contributed by atoms with E-state index < -0.39 is 14.8 Å². The predicted molar refractivity (Wildman–Crippen MR) is 60.8 cm³/mol. The van der Waals surface area contributed by atoms with Crippen LogP contribution in [0.1, 0.15) is 5.56 Å². The lowest BCUT2D eigenvalue weighted by Gasteiger charge is -2.07. The maximum Gasteiger partial charge on any atom is 0.236 e. The molecule has 0 aromatic heterocycles. The van der Waals surface area contributed by atoms with Crippen LogP contribution in [0.3, 0.4) is 0 Å². The van der Waals surface area contributed by atoms with Crippen LogP contribution in [-0.4, -0.2) is 20.6 Å². The minimum absolute atomic E-state index is 0.153. The summed E-state index contributed by atoms with van der Waals surface area (Å²) in [6.45, 7) is 0. The summed E-state index contributed by atoms with van der Waals surface area (Å²) in [5.41, 5.74) is 0.191. The summed E-state index contributed by atoms with van der Waals surface area (Å²) in [5, 5.41) is 9.56. The Morgan fingerprint density at radius 3 is 2.60 bits per heavy atom. The van der Waals surface area contributed by atoms with Crippen molar-refractivity contribution in [1.29, 1.82) is 0 Å². The van der Waals surface area contributed by atoms with E-state index in [-0.39, 0.29) is 11.3 Å². The van der Waals surface area contributed by atoms with Crippen LogP contribution in [0.15, 0.2) is 16.6 Å². The molecule has 4 nitrogen and oxygen atoms in total. The highest BCUT2D eigenvalue weighted by molar-refractivity contribution is 9.10. The average Bonchev–Trinajstić information content (AvgIpc) is 2.10. The molecule has 0 aliphatic rings. The summed E-state index contributed by atoms with van der Waals surface area (Å²) in [4.78, 5) is 0. The van der Waals surface area contributed by atoms with Gasteiger partial charge >= 0.3 is 0 Å². The van der Waals surface area contributed by atoms with Gasteiger partial charge in [-0.15, -0.1) is 0 Å². The van der Waals surface area contributed by atoms with E-state index in [2.05, 4.69) is 15.9 Å². The van der Waals surface area contributed by atoms with Crippen LogP contribution in [-0.2, 0) is 14.8 Å². The number of halogens is 2. The molecule has 0 aliphatic carbocycles. The van der Waals surface area contributed by atoms with Crippen LogP contribution in [0, 0.1) is 0 Å². The zero-order valence-electron chi connectivity index (χ0n) is 7.70. The fourth-order valence-electron chi connectivity index (χ4n) is 1.04. The lowest BCUT2D eigenvalue weighted by molar-refractivity contribution is 0.410. The third-order valence-electron chi connectivity index (χ3n) is 1.68. The van der Waals surface area contributed by atoms with E-state index in [0.717, 1.165) is 0 Å². The lowest BCUT2D eigenvalue weighted by atomic mass is 10.2. The minimum Gasteiger partial charge on any atom is -0.506 e. The lowest BCUT2D eigenvalue weighted by Crippen LogP contribution is -1.97. The molecule has 0 atom stereocenters. The minimum atomic E-state index is -3.71. The Labute approximate surface area is 100 Å². The van der Waals surface area contributed by atoms with Gasteiger partial charge in [0.05, 0.1) is 17.3 Å². The van der Waals surface area contributed by atoms with E-state index in [9.17, 15) is 13.5 Å². The normalized spacial score (nSPS) is 11.4. The van der Waals surface area contributed by atoms with Crippen LogP contribution in [0.25, 0.3) is 0 Å². The Hall–Kier alpha value is -0.460. The fourth-order valence-corrected chi connectivity index (χ4v) is 2.47.